The zero-order valence-corrected chi connectivity index (χ0v) is 10.5. The van der Waals surface area contributed by atoms with Gasteiger partial charge in [0, 0.05) is 17.7 Å². The molecule has 2 aromatic rings. The molecule has 1 atom stereocenters. The van der Waals surface area contributed by atoms with Gasteiger partial charge in [0.1, 0.15) is 0 Å². The molecule has 0 amide bonds. The van der Waals surface area contributed by atoms with Crippen LogP contribution in [-0.2, 0) is 0 Å². The fraction of sp³-hybridized carbons (Fsp3) is 0.133. The van der Waals surface area contributed by atoms with Gasteiger partial charge < -0.3 is 0 Å². The van der Waals surface area contributed by atoms with Crippen molar-refractivity contribution >= 4 is 24.4 Å². The maximum absolute atomic E-state index is 4.54. The number of hydrogen-bond donors (Lipinski definition) is 1. The van der Waals surface area contributed by atoms with Gasteiger partial charge in [0.25, 0.3) is 0 Å². The van der Waals surface area contributed by atoms with Crippen molar-refractivity contribution < 1.29 is 0 Å². The van der Waals surface area contributed by atoms with E-state index in [1.807, 2.05) is 24.4 Å². The summed E-state index contributed by atoms with van der Waals surface area (Å²) in [6.45, 7) is 3.54. The number of nitrogens with zero attached hydrogens (tertiary/aromatic N) is 3. The minimum atomic E-state index is 0.215. The molecule has 0 saturated heterocycles. The van der Waals surface area contributed by atoms with Gasteiger partial charge in [-0.1, -0.05) is 36.4 Å². The predicted molar refractivity (Wildman–Crippen MR) is 78.1 cm³/mol. The van der Waals surface area contributed by atoms with Gasteiger partial charge in [0.05, 0.1) is 11.9 Å². The maximum Gasteiger partial charge on any atom is 0.150 e. The largest absolute Gasteiger partial charge is 0.261 e. The van der Waals surface area contributed by atoms with Crippen molar-refractivity contribution in [2.24, 2.45) is 9.98 Å². The van der Waals surface area contributed by atoms with Crippen molar-refractivity contribution in [3.63, 3.8) is 0 Å². The second kappa shape index (κ2) is 5.02. The Morgan fingerprint density at radius 1 is 1.26 bits per heavy atom. The molecule has 4 heteroatoms. The first-order chi connectivity index (χ1) is 9.38. The van der Waals surface area contributed by atoms with E-state index in [-0.39, 0.29) is 5.92 Å². The SMILES string of the molecule is C=Nc1[nH]ncc1C1C=NC(c2ccccc2)=CC1. The zero-order valence-electron chi connectivity index (χ0n) is 10.5. The Hall–Kier alpha value is -2.49. The molecular formula is C15H14N4. The number of rotatable bonds is 3. The van der Waals surface area contributed by atoms with Crippen LogP contribution in [0.2, 0.25) is 0 Å². The molecule has 4 nitrogen and oxygen atoms in total. The van der Waals surface area contributed by atoms with Crippen LogP contribution in [0.15, 0.2) is 52.6 Å². The summed E-state index contributed by atoms with van der Waals surface area (Å²) < 4.78 is 0. The van der Waals surface area contributed by atoms with E-state index in [1.165, 1.54) is 0 Å². The Kier molecular flexibility index (Phi) is 3.06. The average Bonchev–Trinajstić information content (AvgIpc) is 2.97. The average molecular weight is 250 g/mol. The van der Waals surface area contributed by atoms with Crippen molar-refractivity contribution in [3.8, 4) is 0 Å². The first-order valence-corrected chi connectivity index (χ1v) is 6.18. The fourth-order valence-corrected chi connectivity index (χ4v) is 2.22. The molecule has 94 valence electrons. The van der Waals surface area contributed by atoms with E-state index in [9.17, 15) is 0 Å². The second-order valence-electron chi connectivity index (χ2n) is 4.41. The Balaban J connectivity index is 1.82. The monoisotopic (exact) mass is 250 g/mol. The molecule has 1 aromatic heterocycles. The van der Waals surface area contributed by atoms with Crippen molar-refractivity contribution in [2.75, 3.05) is 0 Å². The van der Waals surface area contributed by atoms with Crippen molar-refractivity contribution in [1.82, 2.24) is 10.2 Å². The highest BCUT2D eigenvalue weighted by molar-refractivity contribution is 5.81. The van der Waals surface area contributed by atoms with E-state index in [1.54, 1.807) is 6.20 Å². The number of aliphatic imine (C=N–C) groups is 2. The maximum atomic E-state index is 4.54. The summed E-state index contributed by atoms with van der Waals surface area (Å²) in [4.78, 5) is 8.48. The molecule has 2 heterocycles. The number of benzene rings is 1. The van der Waals surface area contributed by atoms with E-state index in [0.717, 1.165) is 29.1 Å². The van der Waals surface area contributed by atoms with E-state index in [4.69, 9.17) is 0 Å². The number of allylic oxidation sites excluding steroid dienone is 1. The first-order valence-electron chi connectivity index (χ1n) is 6.18. The lowest BCUT2D eigenvalue weighted by atomic mass is 9.95. The highest BCUT2D eigenvalue weighted by Crippen LogP contribution is 2.31. The molecule has 0 aliphatic carbocycles. The lowest BCUT2D eigenvalue weighted by Gasteiger charge is -2.14. The fourth-order valence-electron chi connectivity index (χ4n) is 2.22. The van der Waals surface area contributed by atoms with Crippen LogP contribution in [0.1, 0.15) is 23.5 Å². The molecule has 0 saturated carbocycles. The normalized spacial score (nSPS) is 18.1. The van der Waals surface area contributed by atoms with Crippen LogP contribution in [0.4, 0.5) is 5.82 Å². The van der Waals surface area contributed by atoms with E-state index in [2.05, 4.69) is 45.1 Å². The van der Waals surface area contributed by atoms with Gasteiger partial charge in [-0.25, -0.2) is 4.99 Å². The second-order valence-corrected chi connectivity index (χ2v) is 4.41. The Morgan fingerprint density at radius 2 is 2.11 bits per heavy atom. The number of aromatic nitrogens is 2. The summed E-state index contributed by atoms with van der Waals surface area (Å²) in [5.41, 5.74) is 3.21. The van der Waals surface area contributed by atoms with Gasteiger partial charge in [-0.2, -0.15) is 5.10 Å². The Morgan fingerprint density at radius 3 is 2.79 bits per heavy atom. The summed E-state index contributed by atoms with van der Waals surface area (Å²) in [5.74, 6) is 0.944. The van der Waals surface area contributed by atoms with Crippen LogP contribution in [0.5, 0.6) is 0 Å². The first kappa shape index (κ1) is 11.6. The highest BCUT2D eigenvalue weighted by Gasteiger charge is 2.17. The lowest BCUT2D eigenvalue weighted by molar-refractivity contribution is 0.915. The number of nitrogens with one attached hydrogen (secondary N) is 1. The topological polar surface area (TPSA) is 53.4 Å². The third kappa shape index (κ3) is 2.25. The molecule has 19 heavy (non-hydrogen) atoms. The molecular weight excluding hydrogens is 236 g/mol. The van der Waals surface area contributed by atoms with Gasteiger partial charge in [-0.3, -0.25) is 10.1 Å². The molecule has 1 N–H and O–H groups in total. The third-order valence-electron chi connectivity index (χ3n) is 3.23. The number of H-pyrrole nitrogens is 1. The molecule has 1 aromatic carbocycles. The Bertz CT molecular complexity index is 637. The van der Waals surface area contributed by atoms with Crippen LogP contribution in [0, 0.1) is 0 Å². The van der Waals surface area contributed by atoms with Crippen LogP contribution < -0.4 is 0 Å². The molecule has 1 aliphatic rings. The summed E-state index contributed by atoms with van der Waals surface area (Å²) in [5, 5.41) is 6.84. The highest BCUT2D eigenvalue weighted by atomic mass is 15.2. The van der Waals surface area contributed by atoms with Crippen LogP contribution in [-0.4, -0.2) is 23.1 Å². The minimum absolute atomic E-state index is 0.215. The minimum Gasteiger partial charge on any atom is -0.261 e. The smallest absolute Gasteiger partial charge is 0.150 e. The molecule has 0 radical (unpaired) electrons. The van der Waals surface area contributed by atoms with Gasteiger partial charge in [-0.15, -0.1) is 0 Å². The van der Waals surface area contributed by atoms with Crippen LogP contribution in [0.25, 0.3) is 5.70 Å². The number of hydrogen-bond acceptors (Lipinski definition) is 3. The van der Waals surface area contributed by atoms with Crippen molar-refractivity contribution in [3.05, 3.63) is 53.7 Å². The standard InChI is InChI=1S/C15H14N4/c1-16-15-13(10-18-19-15)12-7-8-14(17-9-12)11-5-3-2-4-6-11/h2-6,8-10,12H,1,7H2,(H,18,19). The summed E-state index contributed by atoms with van der Waals surface area (Å²) in [6, 6.07) is 10.2. The van der Waals surface area contributed by atoms with Crippen LogP contribution >= 0.6 is 0 Å². The molecule has 3 rings (SSSR count). The molecule has 1 aliphatic heterocycles. The van der Waals surface area contributed by atoms with E-state index >= 15 is 0 Å². The van der Waals surface area contributed by atoms with E-state index < -0.39 is 0 Å². The zero-order chi connectivity index (χ0) is 13.1. The molecule has 0 bridgehead atoms. The predicted octanol–water partition coefficient (Wildman–Crippen LogP) is 3.34. The third-order valence-corrected chi connectivity index (χ3v) is 3.23. The van der Waals surface area contributed by atoms with Gasteiger partial charge in [0.15, 0.2) is 5.82 Å². The summed E-state index contributed by atoms with van der Waals surface area (Å²) >= 11 is 0. The number of aromatic amines is 1. The van der Waals surface area contributed by atoms with E-state index in [0.29, 0.717) is 0 Å². The molecule has 0 spiro atoms. The van der Waals surface area contributed by atoms with Gasteiger partial charge in [-0.05, 0) is 18.7 Å². The Labute approximate surface area is 111 Å². The lowest BCUT2D eigenvalue weighted by Crippen LogP contribution is -2.03. The quantitative estimate of drug-likeness (QED) is 0.834. The van der Waals surface area contributed by atoms with Gasteiger partial charge >= 0.3 is 0 Å². The molecule has 1 unspecified atom stereocenters. The van der Waals surface area contributed by atoms with Crippen molar-refractivity contribution in [1.29, 1.82) is 0 Å². The summed E-state index contributed by atoms with van der Waals surface area (Å²) in [7, 11) is 0. The van der Waals surface area contributed by atoms with Crippen LogP contribution in [0.3, 0.4) is 0 Å². The molecule has 0 fully saturated rings. The van der Waals surface area contributed by atoms with Gasteiger partial charge in [0.2, 0.25) is 0 Å². The van der Waals surface area contributed by atoms with Crippen molar-refractivity contribution in [2.45, 2.75) is 12.3 Å². The summed E-state index contributed by atoms with van der Waals surface area (Å²) in [6.07, 6.45) is 6.81.